The van der Waals surface area contributed by atoms with Gasteiger partial charge in [0, 0.05) is 25.6 Å². The van der Waals surface area contributed by atoms with Crippen molar-refractivity contribution in [3.63, 3.8) is 0 Å². The molecule has 1 spiro atoms. The fourth-order valence-corrected chi connectivity index (χ4v) is 5.10. The first kappa shape index (κ1) is 20.3. The smallest absolute Gasteiger partial charge is 0.262 e. The maximum atomic E-state index is 12.9. The summed E-state index contributed by atoms with van der Waals surface area (Å²) in [7, 11) is 0. The minimum absolute atomic E-state index is 0.0707. The molecule has 0 bridgehead atoms. The number of nitrogens with zero attached hydrogens (tertiary/aromatic N) is 1. The van der Waals surface area contributed by atoms with Gasteiger partial charge in [-0.3, -0.25) is 29.4 Å². The minimum Gasteiger partial charge on any atom is -0.372 e. The van der Waals surface area contributed by atoms with Gasteiger partial charge in [0.15, 0.2) is 0 Å². The van der Waals surface area contributed by atoms with Crippen LogP contribution in [0.25, 0.3) is 0 Å². The summed E-state index contributed by atoms with van der Waals surface area (Å²) in [6, 6.07) is 4.50. The molecule has 0 aliphatic carbocycles. The lowest BCUT2D eigenvalue weighted by atomic mass is 9.90. The van der Waals surface area contributed by atoms with Crippen LogP contribution in [0.5, 0.6) is 0 Å². The lowest BCUT2D eigenvalue weighted by Crippen LogP contribution is -2.54. The second kappa shape index (κ2) is 7.81. The van der Waals surface area contributed by atoms with E-state index in [9.17, 15) is 19.2 Å². The number of nitrogens with one attached hydrogen (secondary N) is 3. The van der Waals surface area contributed by atoms with E-state index in [0.29, 0.717) is 24.3 Å². The van der Waals surface area contributed by atoms with E-state index in [2.05, 4.69) is 16.0 Å². The van der Waals surface area contributed by atoms with Gasteiger partial charge in [-0.25, -0.2) is 0 Å². The standard InChI is InChI=1S/C22H26N4O5/c27-18-5-4-17(19(28)25-18)26-20(29)15-3-2-13(8-16(15)21(26)30)10-24-14-9-22(31-11-14)6-1-7-23-12-22/h2-3,8,14,17,23-24H,1,4-7,9-12H2,(H,25,27,28). The highest BCUT2D eigenvalue weighted by atomic mass is 16.5. The van der Waals surface area contributed by atoms with Gasteiger partial charge >= 0.3 is 0 Å². The first-order valence-corrected chi connectivity index (χ1v) is 10.9. The lowest BCUT2D eigenvalue weighted by molar-refractivity contribution is -0.136. The molecule has 31 heavy (non-hydrogen) atoms. The van der Waals surface area contributed by atoms with Crippen LogP contribution >= 0.6 is 0 Å². The molecule has 0 aromatic heterocycles. The van der Waals surface area contributed by atoms with E-state index in [0.717, 1.165) is 42.8 Å². The number of carbonyl (C=O) groups is 4. The molecule has 5 rings (SSSR count). The van der Waals surface area contributed by atoms with E-state index in [4.69, 9.17) is 4.74 Å². The molecular weight excluding hydrogens is 400 g/mol. The molecule has 9 heteroatoms. The monoisotopic (exact) mass is 426 g/mol. The second-order valence-corrected chi connectivity index (χ2v) is 8.88. The Morgan fingerprint density at radius 1 is 1.16 bits per heavy atom. The molecule has 1 aromatic carbocycles. The lowest BCUT2D eigenvalue weighted by Gasteiger charge is -2.33. The molecule has 4 amide bonds. The van der Waals surface area contributed by atoms with E-state index in [1.54, 1.807) is 12.1 Å². The number of hydrogen-bond acceptors (Lipinski definition) is 7. The first-order chi connectivity index (χ1) is 15.0. The van der Waals surface area contributed by atoms with Gasteiger partial charge in [-0.1, -0.05) is 6.07 Å². The summed E-state index contributed by atoms with van der Waals surface area (Å²) in [4.78, 5) is 50.3. The molecule has 3 saturated heterocycles. The number of piperidine rings is 2. The van der Waals surface area contributed by atoms with Gasteiger partial charge in [-0.15, -0.1) is 0 Å². The van der Waals surface area contributed by atoms with Gasteiger partial charge in [0.2, 0.25) is 11.8 Å². The number of hydrogen-bond donors (Lipinski definition) is 3. The molecule has 4 aliphatic rings. The van der Waals surface area contributed by atoms with E-state index < -0.39 is 23.8 Å². The van der Waals surface area contributed by atoms with Crippen molar-refractivity contribution in [3.8, 4) is 0 Å². The Labute approximate surface area is 179 Å². The largest absolute Gasteiger partial charge is 0.372 e. The molecule has 3 unspecified atom stereocenters. The number of benzene rings is 1. The fourth-order valence-electron chi connectivity index (χ4n) is 5.10. The molecule has 0 saturated carbocycles. The van der Waals surface area contributed by atoms with Gasteiger partial charge in [-0.2, -0.15) is 0 Å². The van der Waals surface area contributed by atoms with Crippen LogP contribution in [-0.2, 0) is 20.9 Å². The van der Waals surface area contributed by atoms with Crippen molar-refractivity contribution in [2.45, 2.75) is 56.3 Å². The zero-order valence-corrected chi connectivity index (χ0v) is 17.2. The Hall–Kier alpha value is -2.62. The quantitative estimate of drug-likeness (QED) is 0.584. The van der Waals surface area contributed by atoms with E-state index in [-0.39, 0.29) is 30.4 Å². The Balaban J connectivity index is 1.25. The molecular formula is C22H26N4O5. The van der Waals surface area contributed by atoms with Crippen molar-refractivity contribution in [2.75, 3.05) is 19.7 Å². The molecule has 0 radical (unpaired) electrons. The highest BCUT2D eigenvalue weighted by Gasteiger charge is 2.45. The molecule has 3 N–H and O–H groups in total. The van der Waals surface area contributed by atoms with E-state index >= 15 is 0 Å². The summed E-state index contributed by atoms with van der Waals surface area (Å²) >= 11 is 0. The van der Waals surface area contributed by atoms with Gasteiger partial charge in [-0.05, 0) is 49.9 Å². The van der Waals surface area contributed by atoms with Crippen LogP contribution in [-0.4, -0.2) is 65.9 Å². The van der Waals surface area contributed by atoms with Crippen LogP contribution in [0.4, 0.5) is 0 Å². The number of rotatable bonds is 4. The van der Waals surface area contributed by atoms with Crippen molar-refractivity contribution >= 4 is 23.6 Å². The molecule has 3 atom stereocenters. The highest BCUT2D eigenvalue weighted by Crippen LogP contribution is 2.32. The van der Waals surface area contributed by atoms with Gasteiger partial charge < -0.3 is 15.4 Å². The van der Waals surface area contributed by atoms with Crippen LogP contribution in [0, 0.1) is 0 Å². The number of imide groups is 2. The zero-order chi connectivity index (χ0) is 21.6. The summed E-state index contributed by atoms with van der Waals surface area (Å²) in [5.74, 6) is -1.94. The Kier molecular flexibility index (Phi) is 5.11. The van der Waals surface area contributed by atoms with Crippen molar-refractivity contribution in [1.29, 1.82) is 0 Å². The summed E-state index contributed by atoms with van der Waals surface area (Å²) in [5, 5.41) is 9.13. The van der Waals surface area contributed by atoms with Gasteiger partial charge in [0.25, 0.3) is 11.8 Å². The SMILES string of the molecule is O=C1CCC(N2C(=O)c3ccc(CNC4COC5(CCCNC5)C4)cc3C2=O)C(=O)N1. The van der Waals surface area contributed by atoms with E-state index in [1.165, 1.54) is 0 Å². The Bertz CT molecular complexity index is 955. The predicted octanol–water partition coefficient (Wildman–Crippen LogP) is 0.0885. The normalized spacial score (nSPS) is 30.8. The third-order valence-electron chi connectivity index (χ3n) is 6.74. The number of amides is 4. The third-order valence-corrected chi connectivity index (χ3v) is 6.74. The maximum absolute atomic E-state index is 12.9. The topological polar surface area (TPSA) is 117 Å². The zero-order valence-electron chi connectivity index (χ0n) is 17.2. The second-order valence-electron chi connectivity index (χ2n) is 8.88. The third kappa shape index (κ3) is 3.66. The molecule has 9 nitrogen and oxygen atoms in total. The summed E-state index contributed by atoms with van der Waals surface area (Å²) in [6.07, 6.45) is 3.41. The summed E-state index contributed by atoms with van der Waals surface area (Å²) in [6.45, 7) is 3.15. The van der Waals surface area contributed by atoms with Crippen LogP contribution in [0.15, 0.2) is 18.2 Å². The van der Waals surface area contributed by atoms with Crippen LogP contribution in [0.2, 0.25) is 0 Å². The van der Waals surface area contributed by atoms with Gasteiger partial charge in [0.05, 0.1) is 23.3 Å². The molecule has 4 heterocycles. The van der Waals surface area contributed by atoms with Crippen molar-refractivity contribution < 1.29 is 23.9 Å². The van der Waals surface area contributed by atoms with Crippen molar-refractivity contribution in [1.82, 2.24) is 20.9 Å². The molecule has 164 valence electrons. The number of fused-ring (bicyclic) bond motifs is 1. The van der Waals surface area contributed by atoms with Crippen molar-refractivity contribution in [3.05, 3.63) is 34.9 Å². The average molecular weight is 426 g/mol. The summed E-state index contributed by atoms with van der Waals surface area (Å²) in [5.41, 5.74) is 1.44. The van der Waals surface area contributed by atoms with Crippen LogP contribution in [0.3, 0.4) is 0 Å². The summed E-state index contributed by atoms with van der Waals surface area (Å²) < 4.78 is 6.09. The molecule has 3 fully saturated rings. The van der Waals surface area contributed by atoms with E-state index in [1.807, 2.05) is 6.07 Å². The van der Waals surface area contributed by atoms with Crippen molar-refractivity contribution in [2.24, 2.45) is 0 Å². The fraction of sp³-hybridized carbons (Fsp3) is 0.545. The first-order valence-electron chi connectivity index (χ1n) is 10.9. The Morgan fingerprint density at radius 2 is 2.00 bits per heavy atom. The maximum Gasteiger partial charge on any atom is 0.262 e. The number of carbonyl (C=O) groups excluding carboxylic acids is 4. The van der Waals surface area contributed by atoms with Crippen LogP contribution in [0.1, 0.15) is 58.4 Å². The Morgan fingerprint density at radius 3 is 2.77 bits per heavy atom. The highest BCUT2D eigenvalue weighted by molar-refractivity contribution is 6.23. The van der Waals surface area contributed by atoms with Gasteiger partial charge in [0.1, 0.15) is 6.04 Å². The molecule has 1 aromatic rings. The predicted molar refractivity (Wildman–Crippen MR) is 109 cm³/mol. The molecule has 4 aliphatic heterocycles. The number of ether oxygens (including phenoxy) is 1. The minimum atomic E-state index is -0.942. The average Bonchev–Trinajstić information content (AvgIpc) is 3.26. The van der Waals surface area contributed by atoms with Crippen LogP contribution < -0.4 is 16.0 Å².